The number of ketones is 1. The molecule has 1 aromatic rings. The fourth-order valence-corrected chi connectivity index (χ4v) is 5.10. The first kappa shape index (κ1) is 17.0. The van der Waals surface area contributed by atoms with E-state index in [4.69, 9.17) is 0 Å². The lowest BCUT2D eigenvalue weighted by Crippen LogP contribution is -2.57. The van der Waals surface area contributed by atoms with E-state index >= 15 is 0 Å². The molecule has 0 amide bonds. The average molecular weight is 348 g/mol. The fraction of sp³-hybridized carbons (Fsp3) is 0.500. The van der Waals surface area contributed by atoms with Gasteiger partial charge in [0, 0.05) is 23.6 Å². The number of fused-ring (bicyclic) bond motifs is 1. The van der Waals surface area contributed by atoms with Gasteiger partial charge >= 0.3 is 0 Å². The maximum atomic E-state index is 13.1. The average Bonchev–Trinajstić information content (AvgIpc) is 2.60. The van der Waals surface area contributed by atoms with Crippen LogP contribution in [0.5, 0.6) is 0 Å². The number of carbonyl (C=O) groups is 1. The van der Waals surface area contributed by atoms with Gasteiger partial charge in [0.05, 0.1) is 12.0 Å². The quantitative estimate of drug-likeness (QED) is 0.793. The molecule has 0 saturated carbocycles. The standard InChI is InChI=1S/C22H25N3O/c1-22(2)10-17-20(18(26)11-22)19(15-7-5-4-6-8-15)16-9-14(12-23)13-25(3)21(16)24-17/h4-8,14,16,19,21H,3,9-11,13H2,1-2H3/p+1. The van der Waals surface area contributed by atoms with Crippen molar-refractivity contribution in [1.82, 2.24) is 5.32 Å². The van der Waals surface area contributed by atoms with E-state index in [1.165, 1.54) is 5.56 Å². The van der Waals surface area contributed by atoms with Crippen LogP contribution in [0.15, 0.2) is 41.6 Å². The van der Waals surface area contributed by atoms with Crippen LogP contribution >= 0.6 is 0 Å². The zero-order valence-corrected chi connectivity index (χ0v) is 15.5. The van der Waals surface area contributed by atoms with Gasteiger partial charge in [-0.05, 0) is 23.8 Å². The lowest BCUT2D eigenvalue weighted by atomic mass is 9.64. The van der Waals surface area contributed by atoms with Crippen molar-refractivity contribution in [2.24, 2.45) is 17.3 Å². The molecule has 4 nitrogen and oxygen atoms in total. The summed E-state index contributed by atoms with van der Waals surface area (Å²) in [5.41, 5.74) is 3.19. The van der Waals surface area contributed by atoms with Crippen molar-refractivity contribution in [3.05, 3.63) is 47.2 Å². The predicted molar refractivity (Wildman–Crippen MR) is 101 cm³/mol. The minimum atomic E-state index is -0.0426. The zero-order valence-electron chi connectivity index (χ0n) is 15.5. The molecule has 4 unspecified atom stereocenters. The van der Waals surface area contributed by atoms with Gasteiger partial charge in [-0.1, -0.05) is 44.2 Å². The van der Waals surface area contributed by atoms with E-state index < -0.39 is 0 Å². The van der Waals surface area contributed by atoms with Gasteiger partial charge in [0.1, 0.15) is 12.6 Å². The number of Topliss-reactive ketones (excluding diaryl/α,β-unsaturated/α-hetero) is 1. The second kappa shape index (κ2) is 6.09. The van der Waals surface area contributed by atoms with Gasteiger partial charge in [-0.3, -0.25) is 4.79 Å². The van der Waals surface area contributed by atoms with E-state index in [1.54, 1.807) is 0 Å². The Morgan fingerprint density at radius 2 is 2.00 bits per heavy atom. The number of rotatable bonds is 1. The smallest absolute Gasteiger partial charge is 0.229 e. The van der Waals surface area contributed by atoms with E-state index in [0.717, 1.165) is 24.1 Å². The SMILES string of the molecule is C=[N+]1CC(C#N)CC2C(c3ccccc3)C3=C(CC(C)(C)CC3=O)NC21. The van der Waals surface area contributed by atoms with Crippen LogP contribution in [0.4, 0.5) is 0 Å². The van der Waals surface area contributed by atoms with Crippen molar-refractivity contribution in [2.45, 2.75) is 45.2 Å². The number of carbonyl (C=O) groups excluding carboxylic acids is 1. The molecule has 1 aliphatic carbocycles. The van der Waals surface area contributed by atoms with Gasteiger partial charge in [0.25, 0.3) is 0 Å². The van der Waals surface area contributed by atoms with Crippen molar-refractivity contribution >= 4 is 12.5 Å². The molecule has 26 heavy (non-hydrogen) atoms. The summed E-state index contributed by atoms with van der Waals surface area (Å²) in [7, 11) is 0. The van der Waals surface area contributed by atoms with Crippen molar-refractivity contribution < 1.29 is 9.37 Å². The Balaban J connectivity index is 1.86. The number of nitrogens with zero attached hydrogens (tertiary/aromatic N) is 2. The van der Waals surface area contributed by atoms with Gasteiger partial charge < -0.3 is 5.32 Å². The first-order chi connectivity index (χ1) is 12.4. The number of benzene rings is 1. The van der Waals surface area contributed by atoms with Crippen LogP contribution in [0.3, 0.4) is 0 Å². The number of hydrogen-bond acceptors (Lipinski definition) is 3. The lowest BCUT2D eigenvalue weighted by molar-refractivity contribution is -0.590. The summed E-state index contributed by atoms with van der Waals surface area (Å²) in [5, 5.41) is 13.2. The summed E-state index contributed by atoms with van der Waals surface area (Å²) in [6.45, 7) is 9.21. The topological polar surface area (TPSA) is 55.9 Å². The molecule has 2 aliphatic heterocycles. The third-order valence-electron chi connectivity index (χ3n) is 6.13. The first-order valence-corrected chi connectivity index (χ1v) is 9.44. The van der Waals surface area contributed by atoms with E-state index in [9.17, 15) is 10.1 Å². The van der Waals surface area contributed by atoms with Gasteiger partial charge in [-0.25, -0.2) is 4.58 Å². The summed E-state index contributed by atoms with van der Waals surface area (Å²) in [5.74, 6) is 0.434. The Morgan fingerprint density at radius 1 is 1.27 bits per heavy atom. The normalized spacial score (nSPS) is 33.0. The molecule has 0 bridgehead atoms. The van der Waals surface area contributed by atoms with Gasteiger partial charge in [0.15, 0.2) is 12.3 Å². The van der Waals surface area contributed by atoms with Crippen molar-refractivity contribution in [1.29, 1.82) is 5.26 Å². The maximum absolute atomic E-state index is 13.1. The first-order valence-electron chi connectivity index (χ1n) is 9.44. The van der Waals surface area contributed by atoms with E-state index in [-0.39, 0.29) is 35.1 Å². The summed E-state index contributed by atoms with van der Waals surface area (Å²) in [4.78, 5) is 13.1. The predicted octanol–water partition coefficient (Wildman–Crippen LogP) is 3.22. The van der Waals surface area contributed by atoms with Crippen LogP contribution in [0.25, 0.3) is 0 Å². The number of nitrogens with one attached hydrogen (secondary N) is 1. The maximum Gasteiger partial charge on any atom is 0.229 e. The summed E-state index contributed by atoms with van der Waals surface area (Å²) in [6.07, 6.45) is 2.35. The number of hydrogen-bond donors (Lipinski definition) is 1. The van der Waals surface area contributed by atoms with Crippen LogP contribution in [0.2, 0.25) is 0 Å². The molecule has 1 saturated heterocycles. The Morgan fingerprint density at radius 3 is 2.69 bits per heavy atom. The highest BCUT2D eigenvalue weighted by Gasteiger charge is 2.51. The minimum Gasteiger partial charge on any atom is -0.331 e. The molecule has 4 heteroatoms. The van der Waals surface area contributed by atoms with Crippen LogP contribution in [-0.4, -0.2) is 29.8 Å². The highest BCUT2D eigenvalue weighted by Crippen LogP contribution is 2.49. The summed E-state index contributed by atoms with van der Waals surface area (Å²) < 4.78 is 2.02. The van der Waals surface area contributed by atoms with Gasteiger partial charge in [-0.2, -0.15) is 5.26 Å². The van der Waals surface area contributed by atoms with Crippen LogP contribution < -0.4 is 5.32 Å². The third kappa shape index (κ3) is 2.76. The lowest BCUT2D eigenvalue weighted by Gasteiger charge is -2.46. The molecular formula is C22H26N3O+. The molecule has 134 valence electrons. The second-order valence-corrected chi connectivity index (χ2v) is 8.81. The van der Waals surface area contributed by atoms with Gasteiger partial charge in [-0.15, -0.1) is 0 Å². The largest absolute Gasteiger partial charge is 0.331 e. The fourth-order valence-electron chi connectivity index (χ4n) is 5.10. The number of nitriles is 1. The minimum absolute atomic E-state index is 0.0210. The molecule has 4 atom stereocenters. The van der Waals surface area contributed by atoms with E-state index in [0.29, 0.717) is 13.0 Å². The van der Waals surface area contributed by atoms with Crippen LogP contribution in [-0.2, 0) is 4.79 Å². The Hall–Kier alpha value is -2.41. The van der Waals surface area contributed by atoms with E-state index in [1.807, 2.05) is 22.8 Å². The summed E-state index contributed by atoms with van der Waals surface area (Å²) in [6, 6.07) is 12.7. The number of piperidine rings is 1. The second-order valence-electron chi connectivity index (χ2n) is 8.81. The van der Waals surface area contributed by atoms with Gasteiger partial charge in [0.2, 0.25) is 6.17 Å². The van der Waals surface area contributed by atoms with E-state index in [2.05, 4.69) is 44.1 Å². The highest BCUT2D eigenvalue weighted by atomic mass is 16.1. The Labute approximate surface area is 155 Å². The molecule has 0 radical (unpaired) electrons. The van der Waals surface area contributed by atoms with Crippen molar-refractivity contribution in [3.63, 3.8) is 0 Å². The number of allylic oxidation sites excluding steroid dienone is 2. The molecule has 1 N–H and O–H groups in total. The molecule has 0 aromatic heterocycles. The Kier molecular flexibility index (Phi) is 3.99. The molecule has 2 heterocycles. The van der Waals surface area contributed by atoms with Crippen molar-refractivity contribution in [3.8, 4) is 6.07 Å². The monoisotopic (exact) mass is 348 g/mol. The molecular weight excluding hydrogens is 322 g/mol. The van der Waals surface area contributed by atoms with Crippen LogP contribution in [0.1, 0.15) is 44.6 Å². The third-order valence-corrected chi connectivity index (χ3v) is 6.13. The zero-order chi connectivity index (χ0) is 18.5. The Bertz CT molecular complexity index is 831. The summed E-state index contributed by atoms with van der Waals surface area (Å²) >= 11 is 0. The molecule has 0 spiro atoms. The molecule has 3 aliphatic rings. The highest BCUT2D eigenvalue weighted by molar-refractivity contribution is 5.99. The molecule has 1 aromatic carbocycles. The molecule has 1 fully saturated rings. The molecule has 4 rings (SSSR count). The van der Waals surface area contributed by atoms with Crippen molar-refractivity contribution in [2.75, 3.05) is 6.54 Å². The van der Waals surface area contributed by atoms with Crippen LogP contribution in [0, 0.1) is 28.6 Å².